The molecule has 4 heteroatoms. The van der Waals surface area contributed by atoms with Gasteiger partial charge in [-0.15, -0.1) is 6.58 Å². The molecule has 1 aliphatic rings. The second-order valence-electron chi connectivity index (χ2n) is 5.67. The first-order valence-corrected chi connectivity index (χ1v) is 7.94. The van der Waals surface area contributed by atoms with Crippen LogP contribution >= 0.6 is 0 Å². The van der Waals surface area contributed by atoms with E-state index in [2.05, 4.69) is 13.5 Å². The van der Waals surface area contributed by atoms with E-state index in [1.54, 1.807) is 0 Å². The fraction of sp³-hybridized carbons (Fsp3) is 0.500. The highest BCUT2D eigenvalue weighted by molar-refractivity contribution is 5.85. The monoisotopic (exact) mass is 303 g/mol. The lowest BCUT2D eigenvalue weighted by Crippen LogP contribution is -2.43. The summed E-state index contributed by atoms with van der Waals surface area (Å²) in [5.74, 6) is 0.0408. The minimum Gasteiger partial charge on any atom is -0.372 e. The number of nitrogens with zero attached hydrogens (tertiary/aromatic N) is 1. The van der Waals surface area contributed by atoms with Crippen LogP contribution in [-0.4, -0.2) is 23.5 Å². The van der Waals surface area contributed by atoms with Crippen LogP contribution in [0.1, 0.15) is 44.6 Å². The van der Waals surface area contributed by atoms with Crippen LogP contribution < -0.4 is 0 Å². The van der Waals surface area contributed by atoms with Gasteiger partial charge in [0, 0.05) is 24.4 Å². The van der Waals surface area contributed by atoms with Crippen LogP contribution in [0.4, 0.5) is 0 Å². The van der Waals surface area contributed by atoms with Crippen LogP contribution in [0, 0.1) is 11.1 Å². The van der Waals surface area contributed by atoms with Gasteiger partial charge in [0.2, 0.25) is 5.71 Å². The third-order valence-corrected chi connectivity index (χ3v) is 4.09. The third-order valence-electron chi connectivity index (χ3n) is 4.09. The zero-order valence-corrected chi connectivity index (χ0v) is 13.4. The fourth-order valence-corrected chi connectivity index (χ4v) is 2.92. The molecule has 0 saturated heterocycles. The molecule has 120 valence electrons. The Balaban J connectivity index is 2.29. The van der Waals surface area contributed by atoms with Gasteiger partial charge in [-0.1, -0.05) is 49.8 Å². The highest BCUT2D eigenvalue weighted by Crippen LogP contribution is 2.36. The second-order valence-corrected chi connectivity index (χ2v) is 5.67. The molecule has 2 rings (SSSR count). The first kappa shape index (κ1) is 16.6. The molecular formula is C18H25NO3. The topological polar surface area (TPSA) is 44.5 Å². The SMILES string of the molecule is C=CC[C@H]1[C@@H](OCCCC)O[N+]([O-])=C(C)[C@H]1c1ccccc1. The maximum atomic E-state index is 12.1. The fourth-order valence-electron chi connectivity index (χ4n) is 2.92. The van der Waals surface area contributed by atoms with Crippen LogP contribution in [0.3, 0.4) is 0 Å². The Bertz CT molecular complexity index is 512. The number of unbranched alkanes of at least 4 members (excludes halogenated alkanes) is 1. The third kappa shape index (κ3) is 3.69. The van der Waals surface area contributed by atoms with Crippen LogP contribution in [0.25, 0.3) is 0 Å². The smallest absolute Gasteiger partial charge is 0.226 e. The van der Waals surface area contributed by atoms with Crippen molar-refractivity contribution in [1.29, 1.82) is 0 Å². The maximum Gasteiger partial charge on any atom is 0.226 e. The summed E-state index contributed by atoms with van der Waals surface area (Å²) < 4.78 is 5.83. The molecule has 0 aliphatic carbocycles. The molecule has 0 radical (unpaired) electrons. The van der Waals surface area contributed by atoms with Crippen LogP contribution in [-0.2, 0) is 9.57 Å². The summed E-state index contributed by atoms with van der Waals surface area (Å²) in [4.78, 5) is 6.05. The maximum absolute atomic E-state index is 12.1. The molecule has 0 saturated carbocycles. The molecule has 0 amide bonds. The molecule has 22 heavy (non-hydrogen) atoms. The standard InChI is InChI=1S/C18H25NO3/c1-4-6-13-21-18-16(10-5-2)17(14(3)19(20)22-18)15-11-8-7-9-12-15/h5,7-9,11-12,16-18H,2,4,6,10,13H2,1,3H3/t16-,17+,18+/m1/s1. The Morgan fingerprint density at radius 2 is 2.09 bits per heavy atom. The molecule has 0 fully saturated rings. The molecule has 0 spiro atoms. The van der Waals surface area contributed by atoms with Gasteiger partial charge in [0.05, 0.1) is 5.92 Å². The Hall–Kier alpha value is -1.81. The summed E-state index contributed by atoms with van der Waals surface area (Å²) in [7, 11) is 0. The first-order valence-electron chi connectivity index (χ1n) is 7.94. The van der Waals surface area contributed by atoms with Crippen molar-refractivity contribution in [2.75, 3.05) is 6.61 Å². The van der Waals surface area contributed by atoms with E-state index in [9.17, 15) is 5.21 Å². The minimum absolute atomic E-state index is 0.0166. The van der Waals surface area contributed by atoms with Crippen molar-refractivity contribution in [3.05, 3.63) is 53.8 Å². The summed E-state index contributed by atoms with van der Waals surface area (Å²) >= 11 is 0. The Morgan fingerprint density at radius 3 is 2.73 bits per heavy atom. The van der Waals surface area contributed by atoms with Gasteiger partial charge in [-0.2, -0.15) is 0 Å². The highest BCUT2D eigenvalue weighted by atomic mass is 16.9. The van der Waals surface area contributed by atoms with Crippen LogP contribution in [0.2, 0.25) is 0 Å². The van der Waals surface area contributed by atoms with Gasteiger partial charge in [-0.3, -0.25) is 5.21 Å². The number of allylic oxidation sites excluding steroid dienone is 1. The summed E-state index contributed by atoms with van der Waals surface area (Å²) in [6.45, 7) is 8.38. The van der Waals surface area contributed by atoms with Gasteiger partial charge in [0.15, 0.2) is 6.29 Å². The van der Waals surface area contributed by atoms with Gasteiger partial charge < -0.3 is 9.57 Å². The van der Waals surface area contributed by atoms with E-state index in [0.29, 0.717) is 17.2 Å². The normalized spacial score (nSPS) is 24.9. The summed E-state index contributed by atoms with van der Waals surface area (Å²) in [6.07, 6.45) is 4.08. The van der Waals surface area contributed by atoms with Gasteiger partial charge in [-0.05, 0) is 18.4 Å². The van der Waals surface area contributed by atoms with E-state index in [-0.39, 0.29) is 11.8 Å². The molecule has 1 aliphatic heterocycles. The van der Waals surface area contributed by atoms with E-state index in [1.165, 1.54) is 0 Å². The lowest BCUT2D eigenvalue weighted by Gasteiger charge is -2.37. The summed E-state index contributed by atoms with van der Waals surface area (Å²) in [5, 5.41) is 12.1. The van der Waals surface area contributed by atoms with Gasteiger partial charge in [0.25, 0.3) is 0 Å². The zero-order chi connectivity index (χ0) is 15.9. The van der Waals surface area contributed by atoms with Crippen LogP contribution in [0.5, 0.6) is 0 Å². The van der Waals surface area contributed by atoms with Gasteiger partial charge in [0.1, 0.15) is 0 Å². The van der Waals surface area contributed by atoms with Crippen LogP contribution in [0.15, 0.2) is 43.0 Å². The first-order chi connectivity index (χ1) is 10.7. The number of benzene rings is 1. The van der Waals surface area contributed by atoms with Crippen molar-refractivity contribution in [1.82, 2.24) is 0 Å². The van der Waals surface area contributed by atoms with E-state index >= 15 is 0 Å². The molecule has 0 unspecified atom stereocenters. The van der Waals surface area contributed by atoms with Crippen molar-refractivity contribution in [2.24, 2.45) is 5.92 Å². The number of hydrogen-bond acceptors (Lipinski definition) is 3. The molecule has 0 N–H and O–H groups in total. The molecule has 1 heterocycles. The largest absolute Gasteiger partial charge is 0.372 e. The van der Waals surface area contributed by atoms with Crippen molar-refractivity contribution >= 4 is 5.71 Å². The van der Waals surface area contributed by atoms with Crippen molar-refractivity contribution in [2.45, 2.75) is 45.3 Å². The minimum atomic E-state index is -0.532. The Kier molecular flexibility index (Phi) is 6.01. The number of ether oxygens (including phenoxy) is 1. The van der Waals surface area contributed by atoms with Crippen molar-refractivity contribution < 1.29 is 14.5 Å². The average molecular weight is 303 g/mol. The summed E-state index contributed by atoms with van der Waals surface area (Å²) in [6, 6.07) is 10.1. The molecule has 1 aromatic carbocycles. The van der Waals surface area contributed by atoms with E-state index in [1.807, 2.05) is 43.3 Å². The Labute approximate surface area is 132 Å². The average Bonchev–Trinajstić information content (AvgIpc) is 2.53. The molecule has 3 atom stereocenters. The Morgan fingerprint density at radius 1 is 1.36 bits per heavy atom. The number of hydrogen-bond donors (Lipinski definition) is 0. The zero-order valence-electron chi connectivity index (χ0n) is 13.4. The molecule has 1 aromatic rings. The van der Waals surface area contributed by atoms with E-state index in [4.69, 9.17) is 9.57 Å². The highest BCUT2D eigenvalue weighted by Gasteiger charge is 2.40. The lowest BCUT2D eigenvalue weighted by atomic mass is 9.80. The van der Waals surface area contributed by atoms with E-state index in [0.717, 1.165) is 24.8 Å². The van der Waals surface area contributed by atoms with Gasteiger partial charge in [-0.25, -0.2) is 0 Å². The van der Waals surface area contributed by atoms with E-state index < -0.39 is 6.29 Å². The lowest BCUT2D eigenvalue weighted by molar-refractivity contribution is -0.775. The van der Waals surface area contributed by atoms with Gasteiger partial charge >= 0.3 is 0 Å². The summed E-state index contributed by atoms with van der Waals surface area (Å²) in [5.41, 5.74) is 1.77. The quantitative estimate of drug-likeness (QED) is 0.434. The number of rotatable bonds is 7. The predicted octanol–water partition coefficient (Wildman–Crippen LogP) is 4.02. The molecule has 0 bridgehead atoms. The molecule has 0 aromatic heterocycles. The molecule has 4 nitrogen and oxygen atoms in total. The van der Waals surface area contributed by atoms with Crippen molar-refractivity contribution in [3.63, 3.8) is 0 Å². The molecular weight excluding hydrogens is 278 g/mol. The predicted molar refractivity (Wildman–Crippen MR) is 87.5 cm³/mol. The second kappa shape index (κ2) is 7.99. The van der Waals surface area contributed by atoms with Crippen molar-refractivity contribution in [3.8, 4) is 0 Å².